The zero-order valence-electron chi connectivity index (χ0n) is 25.7. The number of anilines is 2. The first kappa shape index (κ1) is 33.3. The van der Waals surface area contributed by atoms with Gasteiger partial charge in [-0.3, -0.25) is 14.5 Å². The number of fused-ring (bicyclic) bond motifs is 1. The van der Waals surface area contributed by atoms with E-state index in [1.165, 1.54) is 6.07 Å². The molecule has 1 unspecified atom stereocenters. The van der Waals surface area contributed by atoms with Gasteiger partial charge < -0.3 is 36.1 Å². The summed E-state index contributed by atoms with van der Waals surface area (Å²) in [4.78, 5) is 30.6. The van der Waals surface area contributed by atoms with Crippen LogP contribution in [0.1, 0.15) is 39.4 Å². The Balaban J connectivity index is 1.37. The second-order valence-electron chi connectivity index (χ2n) is 11.0. The van der Waals surface area contributed by atoms with Gasteiger partial charge in [0.05, 0.1) is 12.3 Å². The van der Waals surface area contributed by atoms with Gasteiger partial charge in [0.15, 0.2) is 11.8 Å². The van der Waals surface area contributed by atoms with Gasteiger partial charge in [-0.2, -0.15) is 0 Å². The Hall–Kier alpha value is -5.09. The van der Waals surface area contributed by atoms with Gasteiger partial charge in [-0.25, -0.2) is 13.2 Å². The third-order valence-electron chi connectivity index (χ3n) is 7.39. The van der Waals surface area contributed by atoms with E-state index >= 15 is 0 Å². The molecule has 4 aromatic rings. The fraction of sp³-hybridized carbons (Fsp3) is 0.290. The van der Waals surface area contributed by atoms with Crippen molar-refractivity contribution in [2.24, 2.45) is 16.5 Å². The SMILES string of the molecule is Cc1cc(N(C)Cc2cccc(-c3cc4c(c(S(=O)(=O)Nc5ccsc5C(=O)NC(CCCN=C(N)N)C(=O)O)c3)OCC4)c2)no1. The molecule has 0 spiro atoms. The average molecular weight is 682 g/mol. The molecule has 5 rings (SSSR count). The van der Waals surface area contributed by atoms with Crippen molar-refractivity contribution in [3.8, 4) is 16.9 Å². The lowest BCUT2D eigenvalue weighted by atomic mass is 10.00. The van der Waals surface area contributed by atoms with Gasteiger partial charge >= 0.3 is 5.97 Å². The van der Waals surface area contributed by atoms with Crippen LogP contribution in [0.15, 0.2) is 68.3 Å². The molecule has 0 saturated carbocycles. The lowest BCUT2D eigenvalue weighted by Crippen LogP contribution is -2.40. The highest BCUT2D eigenvalue weighted by Gasteiger charge is 2.29. The number of carboxylic acids is 1. The quantitative estimate of drug-likeness (QED) is 0.0739. The van der Waals surface area contributed by atoms with Gasteiger partial charge in [0.2, 0.25) is 0 Å². The first-order valence-electron chi connectivity index (χ1n) is 14.6. The van der Waals surface area contributed by atoms with Crippen LogP contribution in [0.2, 0.25) is 0 Å². The zero-order chi connectivity index (χ0) is 33.7. The van der Waals surface area contributed by atoms with Crippen molar-refractivity contribution in [3.63, 3.8) is 0 Å². The van der Waals surface area contributed by atoms with Gasteiger partial charge in [-0.15, -0.1) is 11.3 Å². The molecule has 0 saturated heterocycles. The van der Waals surface area contributed by atoms with E-state index in [9.17, 15) is 23.1 Å². The minimum absolute atomic E-state index is 0.0110. The molecule has 2 aromatic carbocycles. The monoisotopic (exact) mass is 681 g/mol. The van der Waals surface area contributed by atoms with Crippen LogP contribution in [0, 0.1) is 6.92 Å². The number of thiophene rings is 1. The average Bonchev–Trinajstić information content (AvgIpc) is 3.79. The normalized spacial score (nSPS) is 12.9. The molecule has 1 aliphatic rings. The van der Waals surface area contributed by atoms with E-state index < -0.39 is 27.9 Å². The van der Waals surface area contributed by atoms with Crippen molar-refractivity contribution in [2.45, 2.75) is 43.7 Å². The number of amides is 1. The number of guanidine groups is 1. The number of aliphatic carboxylic acids is 1. The van der Waals surface area contributed by atoms with Crippen LogP contribution in [-0.2, 0) is 27.8 Å². The number of rotatable bonds is 14. The van der Waals surface area contributed by atoms with E-state index in [1.807, 2.05) is 55.3 Å². The molecule has 14 nitrogen and oxygen atoms in total. The molecular weight excluding hydrogens is 647 g/mol. The molecule has 1 atom stereocenters. The Morgan fingerprint density at radius 3 is 2.70 bits per heavy atom. The Kier molecular flexibility index (Phi) is 10.0. The van der Waals surface area contributed by atoms with Crippen LogP contribution in [0.4, 0.5) is 11.5 Å². The number of carbonyl (C=O) groups is 2. The van der Waals surface area contributed by atoms with Gasteiger partial charge in [-0.1, -0.05) is 23.4 Å². The summed E-state index contributed by atoms with van der Waals surface area (Å²) >= 11 is 0.979. The highest BCUT2D eigenvalue weighted by Crippen LogP contribution is 2.39. The van der Waals surface area contributed by atoms with E-state index in [-0.39, 0.29) is 40.1 Å². The fourth-order valence-corrected chi connectivity index (χ4v) is 7.23. The number of benzene rings is 2. The number of ether oxygens (including phenoxy) is 1. The topological polar surface area (TPSA) is 215 Å². The molecule has 0 radical (unpaired) electrons. The van der Waals surface area contributed by atoms with Crippen molar-refractivity contribution >= 4 is 50.7 Å². The maximum atomic E-state index is 13.9. The summed E-state index contributed by atoms with van der Waals surface area (Å²) in [5, 5.41) is 17.7. The molecule has 47 heavy (non-hydrogen) atoms. The fourth-order valence-electron chi connectivity index (χ4n) is 5.13. The van der Waals surface area contributed by atoms with E-state index in [4.69, 9.17) is 20.7 Å². The maximum Gasteiger partial charge on any atom is 0.326 e. The number of carboxylic acid groups (broad SMARTS) is 1. The Labute approximate surface area is 275 Å². The number of nitrogens with two attached hydrogens (primary N) is 2. The first-order valence-corrected chi connectivity index (χ1v) is 17.0. The third-order valence-corrected chi connectivity index (χ3v) is 9.67. The summed E-state index contributed by atoms with van der Waals surface area (Å²) in [6, 6.07) is 13.3. The zero-order valence-corrected chi connectivity index (χ0v) is 27.4. The number of hydrogen-bond acceptors (Lipinski definition) is 10. The molecule has 3 heterocycles. The summed E-state index contributed by atoms with van der Waals surface area (Å²) in [5.41, 5.74) is 13.9. The Bertz CT molecular complexity index is 1920. The van der Waals surface area contributed by atoms with Crippen LogP contribution < -0.4 is 31.1 Å². The summed E-state index contributed by atoms with van der Waals surface area (Å²) in [6.45, 7) is 2.89. The predicted octanol–water partition coefficient (Wildman–Crippen LogP) is 3.32. The third kappa shape index (κ3) is 8.01. The minimum atomic E-state index is -4.26. The lowest BCUT2D eigenvalue weighted by molar-refractivity contribution is -0.139. The number of nitrogens with one attached hydrogen (secondary N) is 2. The van der Waals surface area contributed by atoms with Crippen molar-refractivity contribution in [2.75, 3.05) is 29.8 Å². The number of aryl methyl sites for hydroxylation is 1. The van der Waals surface area contributed by atoms with Crippen LogP contribution in [0.3, 0.4) is 0 Å². The molecule has 2 aromatic heterocycles. The molecule has 16 heteroatoms. The van der Waals surface area contributed by atoms with E-state index in [0.29, 0.717) is 43.1 Å². The largest absolute Gasteiger partial charge is 0.492 e. The summed E-state index contributed by atoms with van der Waals surface area (Å²) in [7, 11) is -2.35. The predicted molar refractivity (Wildman–Crippen MR) is 178 cm³/mol. The van der Waals surface area contributed by atoms with E-state index in [2.05, 4.69) is 20.2 Å². The lowest BCUT2D eigenvalue weighted by Gasteiger charge is -2.17. The van der Waals surface area contributed by atoms with Crippen LogP contribution in [0.25, 0.3) is 11.1 Å². The van der Waals surface area contributed by atoms with E-state index in [1.54, 1.807) is 11.4 Å². The number of sulfonamides is 1. The number of aromatic nitrogens is 1. The van der Waals surface area contributed by atoms with Crippen molar-refractivity contribution in [1.29, 1.82) is 0 Å². The maximum absolute atomic E-state index is 13.9. The molecule has 7 N–H and O–H groups in total. The highest BCUT2D eigenvalue weighted by molar-refractivity contribution is 7.92. The molecule has 1 amide bonds. The number of carbonyl (C=O) groups excluding carboxylic acids is 1. The second kappa shape index (κ2) is 14.1. The van der Waals surface area contributed by atoms with Crippen LogP contribution in [-0.4, -0.2) is 62.8 Å². The molecule has 0 bridgehead atoms. The Morgan fingerprint density at radius 1 is 1.17 bits per heavy atom. The molecular formula is C31H35N7O7S2. The van der Waals surface area contributed by atoms with Crippen LogP contribution >= 0.6 is 11.3 Å². The summed E-state index contributed by atoms with van der Waals surface area (Å²) in [5.74, 6) is -0.427. The van der Waals surface area contributed by atoms with Gasteiger partial charge in [-0.05, 0) is 71.7 Å². The number of aliphatic imine (C=N–C) groups is 1. The summed E-state index contributed by atoms with van der Waals surface area (Å²) in [6.07, 6.45) is 0.908. The van der Waals surface area contributed by atoms with E-state index in [0.717, 1.165) is 28.0 Å². The minimum Gasteiger partial charge on any atom is -0.492 e. The molecule has 0 fully saturated rings. The van der Waals surface area contributed by atoms with Gasteiger partial charge in [0.1, 0.15) is 27.3 Å². The van der Waals surface area contributed by atoms with Crippen molar-refractivity contribution < 1.29 is 32.4 Å². The molecule has 248 valence electrons. The van der Waals surface area contributed by atoms with Gasteiger partial charge in [0, 0.05) is 32.6 Å². The van der Waals surface area contributed by atoms with Crippen LogP contribution in [0.5, 0.6) is 5.75 Å². The van der Waals surface area contributed by atoms with Crippen molar-refractivity contribution in [1.82, 2.24) is 10.5 Å². The van der Waals surface area contributed by atoms with Crippen molar-refractivity contribution in [3.05, 3.63) is 75.7 Å². The molecule has 0 aliphatic carbocycles. The van der Waals surface area contributed by atoms with Gasteiger partial charge in [0.25, 0.3) is 15.9 Å². The first-order chi connectivity index (χ1) is 22.4. The second-order valence-corrected chi connectivity index (χ2v) is 13.6. The standard InChI is InChI=1S/C31H35N7O7S2/c1-18-13-26(36-45-18)38(2)17-19-5-3-6-20(14-19)22-15-21-8-11-44-27(21)25(16-22)47(42,43)37-23-9-12-46-28(23)29(39)35-24(30(40)41)7-4-10-34-31(32)33/h3,5-6,9,12-16,24,37H,4,7-8,10-11,17H2,1-2H3,(H,35,39)(H,40,41)(H4,32,33,34). The Morgan fingerprint density at radius 2 is 1.98 bits per heavy atom. The highest BCUT2D eigenvalue weighted by atomic mass is 32.2. The molecule has 1 aliphatic heterocycles. The smallest absolute Gasteiger partial charge is 0.326 e. The number of hydrogen-bond donors (Lipinski definition) is 5. The summed E-state index contributed by atoms with van der Waals surface area (Å²) < 4.78 is 41.2. The number of nitrogens with zero attached hydrogens (tertiary/aromatic N) is 3.